The molecule has 1 heterocycles. The van der Waals surface area contributed by atoms with Crippen LogP contribution < -0.4 is 5.73 Å². The van der Waals surface area contributed by atoms with E-state index in [2.05, 4.69) is 6.92 Å². The van der Waals surface area contributed by atoms with Gasteiger partial charge in [-0.2, -0.15) is 0 Å². The van der Waals surface area contributed by atoms with Gasteiger partial charge in [0.25, 0.3) is 11.6 Å². The second-order valence-corrected chi connectivity index (χ2v) is 5.95. The molecule has 1 aliphatic heterocycles. The molecule has 0 spiro atoms. The first-order valence-electron chi connectivity index (χ1n) is 7.17. The van der Waals surface area contributed by atoms with Gasteiger partial charge in [0.1, 0.15) is 0 Å². The number of carbonyl (C=O) groups excluding carboxylic acids is 1. The van der Waals surface area contributed by atoms with E-state index in [1.54, 1.807) is 17.0 Å². The molecule has 0 aromatic heterocycles. The summed E-state index contributed by atoms with van der Waals surface area (Å²) in [5.41, 5.74) is 6.73. The molecule has 1 aliphatic rings. The lowest BCUT2D eigenvalue weighted by atomic mass is 9.90. The molecular formula is C15H21N3O3. The highest BCUT2D eigenvalue weighted by Gasteiger charge is 2.35. The van der Waals surface area contributed by atoms with E-state index in [-0.39, 0.29) is 17.0 Å². The number of rotatable bonds is 4. The van der Waals surface area contributed by atoms with Gasteiger partial charge >= 0.3 is 0 Å². The molecule has 6 heteroatoms. The minimum absolute atomic E-state index is 0.0177. The third-order valence-corrected chi connectivity index (χ3v) is 4.25. The van der Waals surface area contributed by atoms with E-state index in [1.807, 2.05) is 6.92 Å². The highest BCUT2D eigenvalue weighted by Crippen LogP contribution is 2.30. The quantitative estimate of drug-likeness (QED) is 0.678. The molecule has 1 atom stereocenters. The Bertz CT molecular complexity index is 573. The summed E-state index contributed by atoms with van der Waals surface area (Å²) in [5, 5.41) is 11.1. The highest BCUT2D eigenvalue weighted by molar-refractivity contribution is 5.95. The number of likely N-dealkylation sites (tertiary alicyclic amines) is 1. The number of nitro groups is 1. The largest absolute Gasteiger partial charge is 0.338 e. The summed E-state index contributed by atoms with van der Waals surface area (Å²) >= 11 is 0. The van der Waals surface area contributed by atoms with Crippen molar-refractivity contribution in [2.45, 2.75) is 26.7 Å². The Morgan fingerprint density at radius 1 is 1.52 bits per heavy atom. The van der Waals surface area contributed by atoms with E-state index in [0.717, 1.165) is 6.42 Å². The average Bonchev–Trinajstić information content (AvgIpc) is 2.89. The molecule has 114 valence electrons. The van der Waals surface area contributed by atoms with Gasteiger partial charge in [-0.05, 0) is 30.9 Å². The van der Waals surface area contributed by atoms with E-state index in [1.165, 1.54) is 6.07 Å². The molecule has 2 rings (SSSR count). The Balaban J connectivity index is 2.25. The van der Waals surface area contributed by atoms with E-state index in [9.17, 15) is 14.9 Å². The van der Waals surface area contributed by atoms with Gasteiger partial charge in [0.15, 0.2) is 0 Å². The normalized spacial score (nSPS) is 21.6. The van der Waals surface area contributed by atoms with Crippen LogP contribution in [0.5, 0.6) is 0 Å². The molecule has 1 saturated heterocycles. The SMILES string of the molecule is CCc1ccc(C(=O)N2CCC(C)(CN)C2)cc1[N+](=O)[O-]. The van der Waals surface area contributed by atoms with Crippen molar-refractivity contribution in [1.82, 2.24) is 4.90 Å². The summed E-state index contributed by atoms with van der Waals surface area (Å²) in [4.78, 5) is 24.9. The first kappa shape index (κ1) is 15.4. The lowest BCUT2D eigenvalue weighted by molar-refractivity contribution is -0.385. The lowest BCUT2D eigenvalue weighted by Crippen LogP contribution is -2.34. The van der Waals surface area contributed by atoms with Crippen LogP contribution in [0.3, 0.4) is 0 Å². The minimum Gasteiger partial charge on any atom is -0.338 e. The zero-order chi connectivity index (χ0) is 15.6. The molecule has 0 aliphatic carbocycles. The maximum absolute atomic E-state index is 12.5. The van der Waals surface area contributed by atoms with Crippen molar-refractivity contribution in [2.24, 2.45) is 11.1 Å². The van der Waals surface area contributed by atoms with Crippen molar-refractivity contribution in [1.29, 1.82) is 0 Å². The fourth-order valence-electron chi connectivity index (χ4n) is 2.71. The molecule has 0 bridgehead atoms. The summed E-state index contributed by atoms with van der Waals surface area (Å²) in [6.45, 7) is 5.70. The van der Waals surface area contributed by atoms with Crippen molar-refractivity contribution >= 4 is 11.6 Å². The number of benzene rings is 1. The van der Waals surface area contributed by atoms with Gasteiger partial charge in [0, 0.05) is 30.3 Å². The summed E-state index contributed by atoms with van der Waals surface area (Å²) in [6.07, 6.45) is 1.43. The van der Waals surface area contributed by atoms with Crippen LogP contribution in [-0.4, -0.2) is 35.4 Å². The minimum atomic E-state index is -0.427. The topological polar surface area (TPSA) is 89.5 Å². The summed E-state index contributed by atoms with van der Waals surface area (Å²) in [7, 11) is 0. The number of hydrogen-bond acceptors (Lipinski definition) is 4. The molecular weight excluding hydrogens is 270 g/mol. The molecule has 1 amide bonds. The number of nitrogens with zero attached hydrogens (tertiary/aromatic N) is 2. The number of amides is 1. The van der Waals surface area contributed by atoms with Crippen molar-refractivity contribution in [2.75, 3.05) is 19.6 Å². The van der Waals surface area contributed by atoms with Crippen LogP contribution in [0.25, 0.3) is 0 Å². The van der Waals surface area contributed by atoms with Crippen LogP contribution in [0.1, 0.15) is 36.2 Å². The van der Waals surface area contributed by atoms with Crippen LogP contribution in [0.4, 0.5) is 5.69 Å². The van der Waals surface area contributed by atoms with Gasteiger partial charge in [-0.1, -0.05) is 19.9 Å². The summed E-state index contributed by atoms with van der Waals surface area (Å²) in [5.74, 6) is -0.155. The molecule has 1 unspecified atom stereocenters. The van der Waals surface area contributed by atoms with Gasteiger partial charge in [-0.15, -0.1) is 0 Å². The molecule has 1 aromatic carbocycles. The Morgan fingerprint density at radius 2 is 2.24 bits per heavy atom. The maximum atomic E-state index is 12.5. The molecule has 6 nitrogen and oxygen atoms in total. The second-order valence-electron chi connectivity index (χ2n) is 5.95. The zero-order valence-corrected chi connectivity index (χ0v) is 12.5. The van der Waals surface area contributed by atoms with Crippen molar-refractivity contribution in [3.8, 4) is 0 Å². The van der Waals surface area contributed by atoms with Gasteiger partial charge in [-0.3, -0.25) is 14.9 Å². The highest BCUT2D eigenvalue weighted by atomic mass is 16.6. The van der Waals surface area contributed by atoms with Gasteiger partial charge in [-0.25, -0.2) is 0 Å². The number of hydrogen-bond donors (Lipinski definition) is 1. The van der Waals surface area contributed by atoms with Crippen molar-refractivity contribution in [3.63, 3.8) is 0 Å². The smallest absolute Gasteiger partial charge is 0.273 e. The Labute approximate surface area is 124 Å². The van der Waals surface area contributed by atoms with Crippen LogP contribution in [0, 0.1) is 15.5 Å². The third-order valence-electron chi connectivity index (χ3n) is 4.25. The molecule has 0 saturated carbocycles. The maximum Gasteiger partial charge on any atom is 0.273 e. The van der Waals surface area contributed by atoms with E-state index in [0.29, 0.717) is 37.2 Å². The fraction of sp³-hybridized carbons (Fsp3) is 0.533. The average molecular weight is 291 g/mol. The molecule has 2 N–H and O–H groups in total. The van der Waals surface area contributed by atoms with Crippen molar-refractivity contribution in [3.05, 3.63) is 39.4 Å². The lowest BCUT2D eigenvalue weighted by Gasteiger charge is -2.22. The Hall–Kier alpha value is -1.95. The molecule has 1 fully saturated rings. The molecule has 0 radical (unpaired) electrons. The second kappa shape index (κ2) is 5.81. The Morgan fingerprint density at radius 3 is 2.76 bits per heavy atom. The van der Waals surface area contributed by atoms with E-state index < -0.39 is 4.92 Å². The number of nitrogens with two attached hydrogens (primary N) is 1. The Kier molecular flexibility index (Phi) is 4.27. The zero-order valence-electron chi connectivity index (χ0n) is 12.5. The van der Waals surface area contributed by atoms with Gasteiger partial charge < -0.3 is 10.6 Å². The predicted octanol–water partition coefficient (Wildman–Crippen LogP) is 1.97. The number of aryl methyl sites for hydroxylation is 1. The standard InChI is InChI=1S/C15H21N3O3/c1-3-11-4-5-12(8-13(11)18(20)21)14(19)17-7-6-15(2,9-16)10-17/h4-5,8H,3,6-7,9-10,16H2,1-2H3. The summed E-state index contributed by atoms with van der Waals surface area (Å²) in [6, 6.07) is 4.73. The van der Waals surface area contributed by atoms with E-state index in [4.69, 9.17) is 5.73 Å². The predicted molar refractivity (Wildman–Crippen MR) is 80.2 cm³/mol. The van der Waals surface area contributed by atoms with Gasteiger partial charge in [0.2, 0.25) is 0 Å². The fourth-order valence-corrected chi connectivity index (χ4v) is 2.71. The number of nitro benzene ring substituents is 1. The van der Waals surface area contributed by atoms with Crippen molar-refractivity contribution < 1.29 is 9.72 Å². The monoisotopic (exact) mass is 291 g/mol. The summed E-state index contributed by atoms with van der Waals surface area (Å²) < 4.78 is 0. The number of carbonyl (C=O) groups is 1. The third kappa shape index (κ3) is 3.05. The van der Waals surface area contributed by atoms with Crippen LogP contribution in [0.15, 0.2) is 18.2 Å². The first-order valence-corrected chi connectivity index (χ1v) is 7.17. The molecule has 21 heavy (non-hydrogen) atoms. The van der Waals surface area contributed by atoms with Crippen LogP contribution >= 0.6 is 0 Å². The molecule has 1 aromatic rings. The van der Waals surface area contributed by atoms with Gasteiger partial charge in [0.05, 0.1) is 4.92 Å². The van der Waals surface area contributed by atoms with Crippen LogP contribution in [-0.2, 0) is 6.42 Å². The first-order chi connectivity index (χ1) is 9.90. The van der Waals surface area contributed by atoms with Crippen LogP contribution in [0.2, 0.25) is 0 Å². The van der Waals surface area contributed by atoms with E-state index >= 15 is 0 Å².